The summed E-state index contributed by atoms with van der Waals surface area (Å²) < 4.78 is 17.3. The average Bonchev–Trinajstić information content (AvgIpc) is 3.10. The summed E-state index contributed by atoms with van der Waals surface area (Å²) in [4.78, 5) is 15.2. The lowest BCUT2D eigenvalue weighted by molar-refractivity contribution is 0.622. The summed E-state index contributed by atoms with van der Waals surface area (Å²) in [5.41, 5.74) is 6.58. The first kappa shape index (κ1) is 15.2. The monoisotopic (exact) mass is 347 g/mol. The Hall–Kier alpha value is -3.08. The number of fused-ring (bicyclic) bond motifs is 4. The average molecular weight is 347 g/mol. The van der Waals surface area contributed by atoms with E-state index in [9.17, 15) is 9.18 Å². The van der Waals surface area contributed by atoms with E-state index in [4.69, 9.17) is 0 Å². The van der Waals surface area contributed by atoms with Crippen LogP contribution < -0.4 is 5.69 Å². The molecule has 4 aromatic rings. The van der Waals surface area contributed by atoms with Crippen LogP contribution in [0.3, 0.4) is 0 Å². The van der Waals surface area contributed by atoms with Crippen molar-refractivity contribution in [2.24, 2.45) is 0 Å². The third-order valence-electron chi connectivity index (χ3n) is 5.40. The largest absolute Gasteiger partial charge is 0.338 e. The van der Waals surface area contributed by atoms with Crippen LogP contribution in [0.4, 0.5) is 4.39 Å². The van der Waals surface area contributed by atoms with E-state index in [1.807, 2.05) is 29.7 Å². The molecule has 4 nitrogen and oxygen atoms in total. The van der Waals surface area contributed by atoms with Crippen LogP contribution in [0.5, 0.6) is 0 Å². The molecule has 5 rings (SSSR count). The number of rotatable bonds is 2. The molecule has 1 aliphatic heterocycles. The summed E-state index contributed by atoms with van der Waals surface area (Å²) in [7, 11) is 0. The van der Waals surface area contributed by atoms with E-state index in [1.165, 1.54) is 23.1 Å². The van der Waals surface area contributed by atoms with Crippen molar-refractivity contribution in [2.45, 2.75) is 26.4 Å². The highest BCUT2D eigenvalue weighted by atomic mass is 19.1. The minimum absolute atomic E-state index is 0.0539. The zero-order valence-electron chi connectivity index (χ0n) is 14.4. The summed E-state index contributed by atoms with van der Waals surface area (Å²) in [6.07, 6.45) is 0.747. The highest BCUT2D eigenvalue weighted by molar-refractivity contribution is 5.86. The summed E-state index contributed by atoms with van der Waals surface area (Å²) in [5.74, 6) is -0.230. The molecule has 5 heteroatoms. The van der Waals surface area contributed by atoms with Crippen LogP contribution in [0, 0.1) is 12.7 Å². The van der Waals surface area contributed by atoms with Gasteiger partial charge in [0.25, 0.3) is 0 Å². The molecule has 0 spiro atoms. The van der Waals surface area contributed by atoms with Crippen molar-refractivity contribution in [3.05, 3.63) is 93.0 Å². The van der Waals surface area contributed by atoms with Crippen LogP contribution in [-0.4, -0.2) is 14.1 Å². The van der Waals surface area contributed by atoms with Crippen LogP contribution in [-0.2, 0) is 19.5 Å². The van der Waals surface area contributed by atoms with Gasteiger partial charge in [-0.05, 0) is 36.2 Å². The predicted molar refractivity (Wildman–Crippen MR) is 99.1 cm³/mol. The molecule has 0 atom stereocenters. The summed E-state index contributed by atoms with van der Waals surface area (Å²) in [5, 5.41) is 1.23. The maximum absolute atomic E-state index is 13.3. The second-order valence-corrected chi connectivity index (χ2v) is 6.92. The Balaban J connectivity index is 1.70. The molecule has 0 bridgehead atoms. The number of hydrogen-bond acceptors (Lipinski definition) is 1. The van der Waals surface area contributed by atoms with Gasteiger partial charge in [0.05, 0.1) is 6.54 Å². The number of para-hydroxylation sites is 1. The van der Waals surface area contributed by atoms with Gasteiger partial charge >= 0.3 is 5.69 Å². The molecule has 0 saturated heterocycles. The Morgan fingerprint density at radius 3 is 2.65 bits per heavy atom. The number of aromatic amines is 1. The van der Waals surface area contributed by atoms with Gasteiger partial charge in [0.1, 0.15) is 5.82 Å². The lowest BCUT2D eigenvalue weighted by Gasteiger charge is -2.19. The molecule has 1 N–H and O–H groups in total. The molecule has 1 aliphatic rings. The smallest absolute Gasteiger partial charge is 0.326 e. The lowest BCUT2D eigenvalue weighted by Crippen LogP contribution is -2.25. The Morgan fingerprint density at radius 2 is 1.85 bits per heavy atom. The normalized spacial score (nSPS) is 13.0. The van der Waals surface area contributed by atoms with Crippen molar-refractivity contribution in [3.8, 4) is 0 Å². The molecule has 0 amide bonds. The third kappa shape index (κ3) is 2.17. The Morgan fingerprint density at radius 1 is 1.08 bits per heavy atom. The topological polar surface area (TPSA) is 42.7 Å². The van der Waals surface area contributed by atoms with Crippen LogP contribution in [0.15, 0.2) is 53.3 Å². The number of nitrogens with one attached hydrogen (secondary N) is 1. The highest BCUT2D eigenvalue weighted by Gasteiger charge is 2.26. The summed E-state index contributed by atoms with van der Waals surface area (Å²) >= 11 is 0. The Kier molecular flexibility index (Phi) is 3.19. The standard InChI is InChI=1S/C21H18FN3O/c1-13-19-10-17-16-4-2-3-5-18(16)24(11-14-6-8-15(22)9-7-14)20(17)12-25(19)21(26)23-13/h2-9H,10-12H2,1H3,(H,23,26). The zero-order valence-corrected chi connectivity index (χ0v) is 14.4. The Labute approximate surface area is 149 Å². The fourth-order valence-electron chi connectivity index (χ4n) is 4.10. The van der Waals surface area contributed by atoms with E-state index in [2.05, 4.69) is 27.8 Å². The first-order chi connectivity index (χ1) is 12.6. The van der Waals surface area contributed by atoms with Crippen LogP contribution in [0.2, 0.25) is 0 Å². The summed E-state index contributed by atoms with van der Waals surface area (Å²) in [6, 6.07) is 15.0. The number of aryl methyl sites for hydroxylation is 1. The van der Waals surface area contributed by atoms with Crippen molar-refractivity contribution in [2.75, 3.05) is 0 Å². The molecular weight excluding hydrogens is 329 g/mol. The van der Waals surface area contributed by atoms with Crippen molar-refractivity contribution in [3.63, 3.8) is 0 Å². The van der Waals surface area contributed by atoms with Gasteiger partial charge in [-0.3, -0.25) is 4.57 Å². The van der Waals surface area contributed by atoms with Crippen LogP contribution in [0.1, 0.15) is 28.2 Å². The second-order valence-electron chi connectivity index (χ2n) is 6.92. The maximum atomic E-state index is 13.3. The maximum Gasteiger partial charge on any atom is 0.326 e. The lowest BCUT2D eigenvalue weighted by atomic mass is 10.0. The summed E-state index contributed by atoms with van der Waals surface area (Å²) in [6.45, 7) is 3.17. The SMILES string of the molecule is Cc1[nH]c(=O)n2c1Cc1c(n(Cc3ccc(F)cc3)c3ccccc13)C2. The number of nitrogens with zero attached hydrogens (tertiary/aromatic N) is 2. The number of H-pyrrole nitrogens is 1. The van der Waals surface area contributed by atoms with Crippen LogP contribution >= 0.6 is 0 Å². The number of aromatic nitrogens is 3. The second kappa shape index (κ2) is 5.46. The first-order valence-corrected chi connectivity index (χ1v) is 8.73. The van der Waals surface area contributed by atoms with Crippen molar-refractivity contribution in [1.29, 1.82) is 0 Å². The fraction of sp³-hybridized carbons (Fsp3) is 0.190. The molecule has 26 heavy (non-hydrogen) atoms. The van der Waals surface area contributed by atoms with Crippen molar-refractivity contribution in [1.82, 2.24) is 14.1 Å². The molecule has 3 heterocycles. The third-order valence-corrected chi connectivity index (χ3v) is 5.40. The fourth-order valence-corrected chi connectivity index (χ4v) is 4.10. The molecule has 0 aliphatic carbocycles. The molecule has 0 fully saturated rings. The van der Waals surface area contributed by atoms with Gasteiger partial charge in [-0.1, -0.05) is 30.3 Å². The number of imidazole rings is 1. The van der Waals surface area contributed by atoms with E-state index in [1.54, 1.807) is 0 Å². The van der Waals surface area contributed by atoms with Crippen molar-refractivity contribution >= 4 is 10.9 Å². The van der Waals surface area contributed by atoms with Crippen molar-refractivity contribution < 1.29 is 4.39 Å². The van der Waals surface area contributed by atoms with Gasteiger partial charge in [0, 0.05) is 41.0 Å². The molecule has 0 saturated carbocycles. The van der Waals surface area contributed by atoms with E-state index in [-0.39, 0.29) is 11.5 Å². The van der Waals surface area contributed by atoms with Gasteiger partial charge < -0.3 is 9.55 Å². The number of hydrogen-bond donors (Lipinski definition) is 1. The molecule has 2 aromatic heterocycles. The molecular formula is C21H18FN3O. The van der Waals surface area contributed by atoms with Gasteiger partial charge in [-0.25, -0.2) is 9.18 Å². The molecule has 130 valence electrons. The predicted octanol–water partition coefficient (Wildman–Crippen LogP) is 3.58. The van der Waals surface area contributed by atoms with Gasteiger partial charge in [0.15, 0.2) is 0 Å². The van der Waals surface area contributed by atoms with Crippen LogP contribution in [0.25, 0.3) is 10.9 Å². The van der Waals surface area contributed by atoms with Gasteiger partial charge in [-0.15, -0.1) is 0 Å². The van der Waals surface area contributed by atoms with E-state index in [0.717, 1.165) is 34.6 Å². The highest BCUT2D eigenvalue weighted by Crippen LogP contribution is 2.33. The van der Waals surface area contributed by atoms with E-state index >= 15 is 0 Å². The number of halogens is 1. The first-order valence-electron chi connectivity index (χ1n) is 8.73. The Bertz CT molecular complexity index is 1190. The van der Waals surface area contributed by atoms with Gasteiger partial charge in [-0.2, -0.15) is 0 Å². The quantitative estimate of drug-likeness (QED) is 0.521. The van der Waals surface area contributed by atoms with E-state index < -0.39 is 0 Å². The number of benzene rings is 2. The molecule has 0 unspecified atom stereocenters. The zero-order chi connectivity index (χ0) is 17.8. The molecule has 2 aromatic carbocycles. The molecule has 0 radical (unpaired) electrons. The van der Waals surface area contributed by atoms with Gasteiger partial charge in [0.2, 0.25) is 0 Å². The minimum atomic E-state index is -0.230. The minimum Gasteiger partial charge on any atom is -0.338 e. The van der Waals surface area contributed by atoms with E-state index in [0.29, 0.717) is 13.1 Å².